The third kappa shape index (κ3) is 5.55. The van der Waals surface area contributed by atoms with Gasteiger partial charge in [-0.25, -0.2) is 0 Å². The summed E-state index contributed by atoms with van der Waals surface area (Å²) < 4.78 is 16.7. The van der Waals surface area contributed by atoms with Crippen molar-refractivity contribution in [2.45, 2.75) is 71.0 Å². The number of hydrogen-bond donors (Lipinski definition) is 4. The molecule has 4 atom stereocenters. The zero-order valence-electron chi connectivity index (χ0n) is 15.2. The third-order valence-corrected chi connectivity index (χ3v) is 3.77. The zero-order valence-corrected chi connectivity index (χ0v) is 15.2. The van der Waals surface area contributed by atoms with E-state index in [4.69, 9.17) is 14.2 Å². The van der Waals surface area contributed by atoms with Gasteiger partial charge < -0.3 is 34.8 Å². The smallest absolute Gasteiger partial charge is 0.228 e. The van der Waals surface area contributed by atoms with Gasteiger partial charge in [0.2, 0.25) is 6.29 Å². The van der Waals surface area contributed by atoms with Crippen LogP contribution in [0.15, 0.2) is 18.2 Å². The highest BCUT2D eigenvalue weighted by Gasteiger charge is 2.39. The first-order valence-electron chi connectivity index (χ1n) is 8.61. The highest BCUT2D eigenvalue weighted by Crippen LogP contribution is 2.30. The number of hydrogen-bond acceptors (Lipinski definition) is 7. The van der Waals surface area contributed by atoms with E-state index in [1.807, 2.05) is 39.8 Å². The van der Waals surface area contributed by atoms with Crippen molar-refractivity contribution in [1.29, 1.82) is 0 Å². The average molecular weight is 355 g/mol. The summed E-state index contributed by atoms with van der Waals surface area (Å²) in [5.41, 5.74) is 1.74. The highest BCUT2D eigenvalue weighted by molar-refractivity contribution is 5.58. The van der Waals surface area contributed by atoms with E-state index in [0.29, 0.717) is 12.4 Å². The lowest BCUT2D eigenvalue weighted by molar-refractivity contribution is -0.241. The van der Waals surface area contributed by atoms with Crippen molar-refractivity contribution in [3.63, 3.8) is 0 Å². The lowest BCUT2D eigenvalue weighted by Gasteiger charge is -2.35. The summed E-state index contributed by atoms with van der Waals surface area (Å²) in [5.74, 6) is 0.495. The van der Waals surface area contributed by atoms with Crippen molar-refractivity contribution in [3.8, 4) is 5.75 Å². The van der Waals surface area contributed by atoms with Crippen molar-refractivity contribution in [1.82, 2.24) is 0 Å². The second kappa shape index (κ2) is 8.82. The number of aliphatic hydroxyl groups excluding tert-OH is 3. The Balaban J connectivity index is 2.15. The molecule has 4 unspecified atom stereocenters. The topological polar surface area (TPSA) is 100 Å². The molecule has 0 aromatic heterocycles. The van der Waals surface area contributed by atoms with Gasteiger partial charge in [0, 0.05) is 6.04 Å². The van der Waals surface area contributed by atoms with Crippen LogP contribution in [0.4, 0.5) is 5.69 Å². The molecule has 0 saturated carbocycles. The summed E-state index contributed by atoms with van der Waals surface area (Å²) in [6.07, 6.45) is -4.68. The van der Waals surface area contributed by atoms with Gasteiger partial charge in [0.15, 0.2) is 0 Å². The van der Waals surface area contributed by atoms with Gasteiger partial charge >= 0.3 is 0 Å². The SMILES string of the molecule is CC(C)Nc1cc(COC(C)C)ccc1OC1OCC(O)C(O)C1O. The van der Waals surface area contributed by atoms with Crippen LogP contribution in [0.2, 0.25) is 0 Å². The van der Waals surface area contributed by atoms with E-state index in [-0.39, 0.29) is 18.8 Å². The minimum Gasteiger partial charge on any atom is -0.460 e. The minimum absolute atomic E-state index is 0.101. The minimum atomic E-state index is -1.33. The molecule has 0 spiro atoms. The first-order valence-corrected chi connectivity index (χ1v) is 8.61. The second-order valence-electron chi connectivity index (χ2n) is 6.86. The van der Waals surface area contributed by atoms with Crippen molar-refractivity contribution in [2.75, 3.05) is 11.9 Å². The van der Waals surface area contributed by atoms with Crippen LogP contribution in [0.25, 0.3) is 0 Å². The van der Waals surface area contributed by atoms with E-state index in [1.165, 1.54) is 0 Å². The van der Waals surface area contributed by atoms with Gasteiger partial charge in [-0.3, -0.25) is 0 Å². The standard InChI is InChI=1S/C18H29NO6/c1-10(2)19-13-7-12(8-23-11(3)4)5-6-15(13)25-18-17(22)16(21)14(20)9-24-18/h5-7,10-11,14,16-22H,8-9H2,1-4H3. The summed E-state index contributed by atoms with van der Waals surface area (Å²) in [5, 5.41) is 32.6. The molecule has 25 heavy (non-hydrogen) atoms. The van der Waals surface area contributed by atoms with Gasteiger partial charge in [-0.05, 0) is 45.4 Å². The summed E-state index contributed by atoms with van der Waals surface area (Å²) in [6.45, 7) is 8.35. The van der Waals surface area contributed by atoms with Gasteiger partial charge in [0.1, 0.15) is 24.1 Å². The zero-order chi connectivity index (χ0) is 18.6. The van der Waals surface area contributed by atoms with Crippen LogP contribution in [0, 0.1) is 0 Å². The fourth-order valence-corrected chi connectivity index (χ4v) is 2.46. The fourth-order valence-electron chi connectivity index (χ4n) is 2.46. The van der Waals surface area contributed by atoms with E-state index in [1.54, 1.807) is 6.07 Å². The van der Waals surface area contributed by atoms with E-state index < -0.39 is 24.6 Å². The molecular weight excluding hydrogens is 326 g/mol. The fraction of sp³-hybridized carbons (Fsp3) is 0.667. The van der Waals surface area contributed by atoms with E-state index in [2.05, 4.69) is 5.32 Å². The maximum absolute atomic E-state index is 10.0. The summed E-state index contributed by atoms with van der Waals surface area (Å²) in [7, 11) is 0. The quantitative estimate of drug-likeness (QED) is 0.584. The van der Waals surface area contributed by atoms with Gasteiger partial charge in [-0.2, -0.15) is 0 Å². The molecule has 1 heterocycles. The van der Waals surface area contributed by atoms with Crippen molar-refractivity contribution in [3.05, 3.63) is 23.8 Å². The van der Waals surface area contributed by atoms with Crippen LogP contribution in [0.5, 0.6) is 5.75 Å². The summed E-state index contributed by atoms with van der Waals surface area (Å²) in [4.78, 5) is 0. The van der Waals surface area contributed by atoms with E-state index in [0.717, 1.165) is 11.3 Å². The van der Waals surface area contributed by atoms with Gasteiger partial charge in [0.05, 0.1) is 25.0 Å². The van der Waals surface area contributed by atoms with Gasteiger partial charge in [-0.15, -0.1) is 0 Å². The molecule has 1 saturated heterocycles. The van der Waals surface area contributed by atoms with Crippen LogP contribution in [-0.2, 0) is 16.1 Å². The number of rotatable bonds is 7. The first kappa shape index (κ1) is 19.9. The predicted octanol–water partition coefficient (Wildman–Crippen LogP) is 1.25. The Kier molecular flexibility index (Phi) is 7.04. The van der Waals surface area contributed by atoms with Crippen LogP contribution < -0.4 is 10.1 Å². The Labute approximate surface area is 148 Å². The second-order valence-corrected chi connectivity index (χ2v) is 6.86. The van der Waals surface area contributed by atoms with Crippen LogP contribution >= 0.6 is 0 Å². The van der Waals surface area contributed by atoms with E-state index in [9.17, 15) is 15.3 Å². The number of nitrogens with one attached hydrogen (secondary N) is 1. The number of ether oxygens (including phenoxy) is 3. The molecule has 2 rings (SSSR count). The molecule has 0 bridgehead atoms. The summed E-state index contributed by atoms with van der Waals surface area (Å²) >= 11 is 0. The molecular formula is C18H29NO6. The third-order valence-electron chi connectivity index (χ3n) is 3.77. The largest absolute Gasteiger partial charge is 0.460 e. The molecule has 7 nitrogen and oxygen atoms in total. The number of anilines is 1. The van der Waals surface area contributed by atoms with Crippen LogP contribution in [0.3, 0.4) is 0 Å². The maximum atomic E-state index is 10.0. The molecule has 142 valence electrons. The van der Waals surface area contributed by atoms with Crippen LogP contribution in [0.1, 0.15) is 33.3 Å². The molecule has 1 aromatic carbocycles. The first-order chi connectivity index (χ1) is 11.8. The predicted molar refractivity (Wildman–Crippen MR) is 93.5 cm³/mol. The van der Waals surface area contributed by atoms with Gasteiger partial charge in [0.25, 0.3) is 0 Å². The number of aliphatic hydroxyl groups is 3. The van der Waals surface area contributed by atoms with Crippen LogP contribution in [-0.4, -0.2) is 58.7 Å². The Morgan fingerprint density at radius 1 is 1.16 bits per heavy atom. The monoisotopic (exact) mass is 355 g/mol. The normalized spacial score (nSPS) is 26.9. The summed E-state index contributed by atoms with van der Waals surface area (Å²) in [6, 6.07) is 5.76. The Bertz CT molecular complexity index is 550. The molecule has 4 N–H and O–H groups in total. The Morgan fingerprint density at radius 2 is 1.88 bits per heavy atom. The molecule has 0 amide bonds. The Hall–Kier alpha value is -1.38. The van der Waals surface area contributed by atoms with Crippen molar-refractivity contribution >= 4 is 5.69 Å². The highest BCUT2D eigenvalue weighted by atomic mass is 16.7. The number of benzene rings is 1. The maximum Gasteiger partial charge on any atom is 0.228 e. The van der Waals surface area contributed by atoms with Gasteiger partial charge in [-0.1, -0.05) is 6.07 Å². The van der Waals surface area contributed by atoms with Crippen molar-refractivity contribution in [2.24, 2.45) is 0 Å². The lowest BCUT2D eigenvalue weighted by atomic mass is 10.1. The molecule has 0 radical (unpaired) electrons. The molecule has 1 fully saturated rings. The lowest BCUT2D eigenvalue weighted by Crippen LogP contribution is -2.54. The molecule has 0 aliphatic carbocycles. The van der Waals surface area contributed by atoms with Crippen molar-refractivity contribution < 1.29 is 29.5 Å². The average Bonchev–Trinajstić information content (AvgIpc) is 2.54. The molecule has 1 aliphatic heterocycles. The Morgan fingerprint density at radius 3 is 2.52 bits per heavy atom. The molecule has 1 aliphatic rings. The molecule has 1 aromatic rings. The molecule has 7 heteroatoms. The van der Waals surface area contributed by atoms with E-state index >= 15 is 0 Å².